The number of benzene rings is 2. The molecule has 0 unspecified atom stereocenters. The molecule has 0 spiro atoms. The maximum atomic E-state index is 8.86. The molecule has 0 atom stereocenters. The Morgan fingerprint density at radius 1 is 1.05 bits per heavy atom. The zero-order valence-corrected chi connectivity index (χ0v) is 13.3. The van der Waals surface area contributed by atoms with Crippen LogP contribution in [0.5, 0.6) is 0 Å². The molecule has 3 nitrogen and oxygen atoms in total. The standard InChI is InChI=1S/C17H20N2OS/c1-17(2,3)12-8-10-13(11-9-12)21-15-7-5-4-6-14(15)16(18)19-20/h4-11,20H,1-3H3,(H2,18,19). The van der Waals surface area contributed by atoms with Gasteiger partial charge in [-0.15, -0.1) is 0 Å². The van der Waals surface area contributed by atoms with Gasteiger partial charge in [0.05, 0.1) is 0 Å². The monoisotopic (exact) mass is 300 g/mol. The summed E-state index contributed by atoms with van der Waals surface area (Å²) in [4.78, 5) is 2.09. The van der Waals surface area contributed by atoms with Gasteiger partial charge in [0.25, 0.3) is 0 Å². The quantitative estimate of drug-likeness (QED) is 0.386. The fraction of sp³-hybridized carbons (Fsp3) is 0.235. The van der Waals surface area contributed by atoms with Gasteiger partial charge in [0.15, 0.2) is 5.84 Å². The minimum Gasteiger partial charge on any atom is -0.409 e. The average molecular weight is 300 g/mol. The molecule has 4 heteroatoms. The zero-order chi connectivity index (χ0) is 15.5. The van der Waals surface area contributed by atoms with Crippen LogP contribution in [0.3, 0.4) is 0 Å². The van der Waals surface area contributed by atoms with Crippen LogP contribution >= 0.6 is 11.8 Å². The van der Waals surface area contributed by atoms with Crippen LogP contribution in [-0.4, -0.2) is 11.0 Å². The molecule has 0 fully saturated rings. The van der Waals surface area contributed by atoms with Crippen molar-refractivity contribution in [3.63, 3.8) is 0 Å². The average Bonchev–Trinajstić information content (AvgIpc) is 2.46. The van der Waals surface area contributed by atoms with Crippen molar-refractivity contribution in [2.24, 2.45) is 10.9 Å². The third-order valence-corrected chi connectivity index (χ3v) is 4.30. The van der Waals surface area contributed by atoms with E-state index in [-0.39, 0.29) is 11.3 Å². The second-order valence-electron chi connectivity index (χ2n) is 5.86. The van der Waals surface area contributed by atoms with Crippen LogP contribution in [0.15, 0.2) is 63.5 Å². The molecule has 0 amide bonds. The van der Waals surface area contributed by atoms with Gasteiger partial charge >= 0.3 is 0 Å². The predicted octanol–water partition coefficient (Wildman–Crippen LogP) is 4.23. The summed E-state index contributed by atoms with van der Waals surface area (Å²) in [7, 11) is 0. The fourth-order valence-electron chi connectivity index (χ4n) is 1.97. The topological polar surface area (TPSA) is 58.6 Å². The van der Waals surface area contributed by atoms with E-state index >= 15 is 0 Å². The van der Waals surface area contributed by atoms with Crippen molar-refractivity contribution >= 4 is 17.6 Å². The first-order chi connectivity index (χ1) is 9.91. The molecular weight excluding hydrogens is 280 g/mol. The molecule has 2 aromatic carbocycles. The summed E-state index contributed by atoms with van der Waals surface area (Å²) in [6.07, 6.45) is 0. The molecular formula is C17H20N2OS. The van der Waals surface area contributed by atoms with E-state index in [1.54, 1.807) is 11.8 Å². The minimum absolute atomic E-state index is 0.129. The maximum Gasteiger partial charge on any atom is 0.171 e. The lowest BCUT2D eigenvalue weighted by Gasteiger charge is -2.19. The van der Waals surface area contributed by atoms with E-state index in [1.165, 1.54) is 5.56 Å². The first kappa shape index (κ1) is 15.4. The van der Waals surface area contributed by atoms with Crippen LogP contribution in [0.4, 0.5) is 0 Å². The largest absolute Gasteiger partial charge is 0.409 e. The Balaban J connectivity index is 2.27. The van der Waals surface area contributed by atoms with E-state index in [4.69, 9.17) is 10.9 Å². The second-order valence-corrected chi connectivity index (χ2v) is 6.97. The van der Waals surface area contributed by atoms with E-state index in [9.17, 15) is 0 Å². The number of hydrogen-bond acceptors (Lipinski definition) is 3. The zero-order valence-electron chi connectivity index (χ0n) is 12.5. The highest BCUT2D eigenvalue weighted by atomic mass is 32.2. The van der Waals surface area contributed by atoms with Crippen LogP contribution in [0.2, 0.25) is 0 Å². The molecule has 0 aliphatic rings. The Labute approximate surface area is 129 Å². The highest BCUT2D eigenvalue weighted by Gasteiger charge is 2.13. The van der Waals surface area contributed by atoms with Gasteiger partial charge in [-0.05, 0) is 29.2 Å². The van der Waals surface area contributed by atoms with Gasteiger partial charge in [-0.1, -0.05) is 68.0 Å². The van der Waals surface area contributed by atoms with Crippen LogP contribution in [0.25, 0.3) is 0 Å². The third kappa shape index (κ3) is 3.79. The van der Waals surface area contributed by atoms with Crippen molar-refractivity contribution in [3.8, 4) is 0 Å². The molecule has 110 valence electrons. The normalized spacial score (nSPS) is 12.4. The highest BCUT2D eigenvalue weighted by molar-refractivity contribution is 7.99. The number of oxime groups is 1. The van der Waals surface area contributed by atoms with Gasteiger partial charge in [0.2, 0.25) is 0 Å². The van der Waals surface area contributed by atoms with Crippen molar-refractivity contribution < 1.29 is 5.21 Å². The van der Waals surface area contributed by atoms with Gasteiger partial charge in [-0.2, -0.15) is 0 Å². The summed E-state index contributed by atoms with van der Waals surface area (Å²) in [5.74, 6) is 0.129. The number of nitrogens with zero attached hydrogens (tertiary/aromatic N) is 1. The first-order valence-electron chi connectivity index (χ1n) is 6.77. The van der Waals surface area contributed by atoms with Crippen molar-refractivity contribution in [2.45, 2.75) is 36.0 Å². The van der Waals surface area contributed by atoms with Crippen molar-refractivity contribution in [2.75, 3.05) is 0 Å². The lowest BCUT2D eigenvalue weighted by atomic mass is 9.87. The van der Waals surface area contributed by atoms with Gasteiger partial charge in [-0.25, -0.2) is 0 Å². The summed E-state index contributed by atoms with van der Waals surface area (Å²) >= 11 is 1.61. The molecule has 2 rings (SSSR count). The van der Waals surface area contributed by atoms with Crippen molar-refractivity contribution in [3.05, 3.63) is 59.7 Å². The number of hydrogen-bond donors (Lipinski definition) is 2. The van der Waals surface area contributed by atoms with Crippen LogP contribution in [-0.2, 0) is 5.41 Å². The third-order valence-electron chi connectivity index (χ3n) is 3.22. The van der Waals surface area contributed by atoms with Crippen LogP contribution < -0.4 is 5.73 Å². The Bertz CT molecular complexity index is 643. The molecule has 21 heavy (non-hydrogen) atoms. The smallest absolute Gasteiger partial charge is 0.171 e. The number of amidine groups is 1. The Kier molecular flexibility index (Phi) is 4.58. The van der Waals surface area contributed by atoms with Crippen LogP contribution in [0.1, 0.15) is 31.9 Å². The molecule has 0 saturated carbocycles. The first-order valence-corrected chi connectivity index (χ1v) is 7.59. The number of nitrogens with two attached hydrogens (primary N) is 1. The molecule has 0 radical (unpaired) electrons. The molecule has 3 N–H and O–H groups in total. The SMILES string of the molecule is CC(C)(C)c1ccc(Sc2ccccc2/C(N)=N/O)cc1. The van der Waals surface area contributed by atoms with E-state index in [0.717, 1.165) is 15.4 Å². The molecule has 0 aliphatic heterocycles. The lowest BCUT2D eigenvalue weighted by molar-refractivity contribution is 0.318. The minimum atomic E-state index is 0.129. The summed E-state index contributed by atoms with van der Waals surface area (Å²) in [5, 5.41) is 11.9. The Morgan fingerprint density at radius 3 is 2.24 bits per heavy atom. The molecule has 0 aliphatic carbocycles. The van der Waals surface area contributed by atoms with Crippen molar-refractivity contribution in [1.29, 1.82) is 0 Å². The van der Waals surface area contributed by atoms with Crippen molar-refractivity contribution in [1.82, 2.24) is 0 Å². The lowest BCUT2D eigenvalue weighted by Crippen LogP contribution is -2.14. The summed E-state index contributed by atoms with van der Waals surface area (Å²) in [5.41, 5.74) is 7.91. The van der Waals surface area contributed by atoms with Gasteiger partial charge in [0, 0.05) is 15.4 Å². The number of rotatable bonds is 3. The van der Waals surface area contributed by atoms with Crippen LogP contribution in [0, 0.1) is 0 Å². The van der Waals surface area contributed by atoms with Gasteiger partial charge < -0.3 is 10.9 Å². The maximum absolute atomic E-state index is 8.86. The van der Waals surface area contributed by atoms with E-state index in [1.807, 2.05) is 24.3 Å². The molecule has 0 heterocycles. The highest BCUT2D eigenvalue weighted by Crippen LogP contribution is 2.32. The predicted molar refractivity (Wildman–Crippen MR) is 88.2 cm³/mol. The summed E-state index contributed by atoms with van der Waals surface area (Å²) in [6, 6.07) is 16.1. The Morgan fingerprint density at radius 2 is 1.67 bits per heavy atom. The van der Waals surface area contributed by atoms with E-state index in [0.29, 0.717) is 0 Å². The molecule has 0 saturated heterocycles. The molecule has 0 bridgehead atoms. The van der Waals surface area contributed by atoms with Gasteiger partial charge in [0.1, 0.15) is 0 Å². The molecule has 2 aromatic rings. The summed E-state index contributed by atoms with van der Waals surface area (Å²) in [6.45, 7) is 6.59. The Hall–Kier alpha value is -1.94. The van der Waals surface area contributed by atoms with Gasteiger partial charge in [-0.3, -0.25) is 0 Å². The van der Waals surface area contributed by atoms with E-state index in [2.05, 4.69) is 50.2 Å². The fourth-order valence-corrected chi connectivity index (χ4v) is 2.93. The summed E-state index contributed by atoms with van der Waals surface area (Å²) < 4.78 is 0. The van der Waals surface area contributed by atoms with E-state index < -0.39 is 0 Å². The molecule has 0 aromatic heterocycles. The second kappa shape index (κ2) is 6.22.